The normalized spacial score (nSPS) is 30.3. The molecule has 0 unspecified atom stereocenters. The minimum Gasteiger partial charge on any atom is -0.296 e. The Morgan fingerprint density at radius 2 is 2.36 bits per heavy atom. The van der Waals surface area contributed by atoms with Gasteiger partial charge >= 0.3 is 0 Å². The Hall–Kier alpha value is -1.12. The van der Waals surface area contributed by atoms with Gasteiger partial charge in [0.1, 0.15) is 0 Å². The van der Waals surface area contributed by atoms with Crippen LogP contribution < -0.4 is 5.32 Å². The first-order valence-corrected chi connectivity index (χ1v) is 3.54. The third-order valence-electron chi connectivity index (χ3n) is 1.95. The van der Waals surface area contributed by atoms with Crippen LogP contribution in [0.1, 0.15) is 19.8 Å². The van der Waals surface area contributed by atoms with Gasteiger partial charge in [-0.1, -0.05) is 6.08 Å². The molecule has 11 heavy (non-hydrogen) atoms. The lowest BCUT2D eigenvalue weighted by Crippen LogP contribution is -2.28. The van der Waals surface area contributed by atoms with Gasteiger partial charge < -0.3 is 0 Å². The van der Waals surface area contributed by atoms with E-state index in [9.17, 15) is 9.59 Å². The molecule has 0 aromatic carbocycles. The first-order chi connectivity index (χ1) is 5.08. The lowest BCUT2D eigenvalue weighted by molar-refractivity contribution is -0.128. The molecular weight excluding hydrogens is 142 g/mol. The number of rotatable bonds is 2. The number of amides is 2. The molecule has 2 amide bonds. The zero-order valence-electron chi connectivity index (χ0n) is 6.52. The molecule has 1 saturated heterocycles. The highest BCUT2D eigenvalue weighted by atomic mass is 16.2. The second-order valence-corrected chi connectivity index (χ2v) is 3.11. The quantitative estimate of drug-likeness (QED) is 0.467. The molecule has 60 valence electrons. The van der Waals surface area contributed by atoms with Crippen molar-refractivity contribution < 1.29 is 9.59 Å². The number of carbonyl (C=O) groups excluding carboxylic acids is 2. The van der Waals surface area contributed by atoms with Crippen LogP contribution in [0.25, 0.3) is 0 Å². The highest BCUT2D eigenvalue weighted by Crippen LogP contribution is 2.30. The van der Waals surface area contributed by atoms with Crippen LogP contribution >= 0.6 is 0 Å². The van der Waals surface area contributed by atoms with E-state index in [2.05, 4.69) is 11.9 Å². The van der Waals surface area contributed by atoms with E-state index >= 15 is 0 Å². The number of hydrogen-bond donors (Lipinski definition) is 1. The van der Waals surface area contributed by atoms with Crippen LogP contribution in [0.3, 0.4) is 0 Å². The fourth-order valence-corrected chi connectivity index (χ4v) is 1.24. The molecule has 0 aromatic heterocycles. The summed E-state index contributed by atoms with van der Waals surface area (Å²) in [5.41, 5.74) is -0.543. The topological polar surface area (TPSA) is 46.2 Å². The van der Waals surface area contributed by atoms with Gasteiger partial charge in [0.25, 0.3) is 0 Å². The van der Waals surface area contributed by atoms with Crippen molar-refractivity contribution in [3.05, 3.63) is 12.7 Å². The van der Waals surface area contributed by atoms with Crippen molar-refractivity contribution in [1.82, 2.24) is 5.32 Å². The van der Waals surface area contributed by atoms with Gasteiger partial charge in [-0.05, 0) is 13.3 Å². The van der Waals surface area contributed by atoms with Crippen LogP contribution in [-0.4, -0.2) is 11.8 Å². The van der Waals surface area contributed by atoms with Crippen molar-refractivity contribution in [1.29, 1.82) is 0 Å². The van der Waals surface area contributed by atoms with E-state index in [0.717, 1.165) is 0 Å². The van der Waals surface area contributed by atoms with Crippen molar-refractivity contribution in [2.75, 3.05) is 0 Å². The van der Waals surface area contributed by atoms with Gasteiger partial charge in [0, 0.05) is 6.42 Å². The summed E-state index contributed by atoms with van der Waals surface area (Å²) in [7, 11) is 0. The van der Waals surface area contributed by atoms with E-state index in [4.69, 9.17) is 0 Å². The smallest absolute Gasteiger partial charge is 0.233 e. The molecule has 1 aliphatic heterocycles. The molecule has 3 nitrogen and oxygen atoms in total. The van der Waals surface area contributed by atoms with E-state index < -0.39 is 5.41 Å². The van der Waals surface area contributed by atoms with E-state index in [-0.39, 0.29) is 18.2 Å². The predicted molar refractivity (Wildman–Crippen MR) is 40.7 cm³/mol. The van der Waals surface area contributed by atoms with Gasteiger partial charge in [-0.15, -0.1) is 6.58 Å². The number of carbonyl (C=O) groups is 2. The zero-order chi connectivity index (χ0) is 8.48. The van der Waals surface area contributed by atoms with Gasteiger partial charge in [0.05, 0.1) is 5.41 Å². The van der Waals surface area contributed by atoms with E-state index in [1.54, 1.807) is 13.0 Å². The fraction of sp³-hybridized carbons (Fsp3) is 0.500. The Labute approximate surface area is 65.5 Å². The predicted octanol–water partition coefficient (Wildman–Crippen LogP) is 0.615. The third kappa shape index (κ3) is 1.31. The number of hydrogen-bond acceptors (Lipinski definition) is 2. The monoisotopic (exact) mass is 153 g/mol. The molecule has 1 atom stereocenters. The standard InChI is InChI=1S/C8H11NO2/c1-3-4-8(2)5-6(10)9-7(8)11/h3H,1,4-5H2,2H3,(H,9,10,11)/t8-/m0/s1. The number of imide groups is 1. The molecular formula is C8H11NO2. The first kappa shape index (κ1) is 7.98. The van der Waals surface area contributed by atoms with Gasteiger partial charge in [-0.25, -0.2) is 0 Å². The summed E-state index contributed by atoms with van der Waals surface area (Å²) in [6, 6.07) is 0. The first-order valence-electron chi connectivity index (χ1n) is 3.54. The third-order valence-corrected chi connectivity index (χ3v) is 1.95. The van der Waals surface area contributed by atoms with Gasteiger partial charge in [0.2, 0.25) is 11.8 Å². The van der Waals surface area contributed by atoms with E-state index in [1.807, 2.05) is 0 Å². The maximum atomic E-state index is 11.1. The van der Waals surface area contributed by atoms with Gasteiger partial charge in [-0.3, -0.25) is 14.9 Å². The fourth-order valence-electron chi connectivity index (χ4n) is 1.24. The molecule has 0 spiro atoms. The van der Waals surface area contributed by atoms with E-state index in [1.165, 1.54) is 0 Å². The van der Waals surface area contributed by atoms with Crippen molar-refractivity contribution in [2.45, 2.75) is 19.8 Å². The van der Waals surface area contributed by atoms with Crippen molar-refractivity contribution in [3.8, 4) is 0 Å². The summed E-state index contributed by atoms with van der Waals surface area (Å²) >= 11 is 0. The highest BCUT2D eigenvalue weighted by Gasteiger charge is 2.41. The summed E-state index contributed by atoms with van der Waals surface area (Å²) in [6.45, 7) is 5.31. The largest absolute Gasteiger partial charge is 0.296 e. The Kier molecular flexibility index (Phi) is 1.81. The molecule has 1 rings (SSSR count). The van der Waals surface area contributed by atoms with E-state index in [0.29, 0.717) is 6.42 Å². The Morgan fingerprint density at radius 1 is 1.73 bits per heavy atom. The molecule has 0 radical (unpaired) electrons. The van der Waals surface area contributed by atoms with Crippen LogP contribution in [0.15, 0.2) is 12.7 Å². The summed E-state index contributed by atoms with van der Waals surface area (Å²) in [6.07, 6.45) is 2.51. The molecule has 0 aromatic rings. The SMILES string of the molecule is C=CC[C@@]1(C)CC(=O)NC1=O. The summed E-state index contributed by atoms with van der Waals surface area (Å²) in [4.78, 5) is 21.9. The van der Waals surface area contributed by atoms with Crippen molar-refractivity contribution >= 4 is 11.8 Å². The summed E-state index contributed by atoms with van der Waals surface area (Å²) < 4.78 is 0. The minimum absolute atomic E-state index is 0.178. The van der Waals surface area contributed by atoms with Crippen molar-refractivity contribution in [3.63, 3.8) is 0 Å². The Bertz CT molecular complexity index is 222. The molecule has 1 aliphatic rings. The van der Waals surface area contributed by atoms with Gasteiger partial charge in [0.15, 0.2) is 0 Å². The highest BCUT2D eigenvalue weighted by molar-refractivity contribution is 6.05. The van der Waals surface area contributed by atoms with Crippen LogP contribution in [0.5, 0.6) is 0 Å². The zero-order valence-corrected chi connectivity index (χ0v) is 6.52. The van der Waals surface area contributed by atoms with Crippen LogP contribution in [0.4, 0.5) is 0 Å². The average molecular weight is 153 g/mol. The second kappa shape index (κ2) is 2.49. The van der Waals surface area contributed by atoms with Crippen LogP contribution in [-0.2, 0) is 9.59 Å². The Morgan fingerprint density at radius 3 is 2.73 bits per heavy atom. The summed E-state index contributed by atoms with van der Waals surface area (Å²) in [5, 5.41) is 2.27. The average Bonchev–Trinajstić information content (AvgIpc) is 2.08. The molecule has 1 N–H and O–H groups in total. The molecule has 1 fully saturated rings. The van der Waals surface area contributed by atoms with Crippen molar-refractivity contribution in [2.24, 2.45) is 5.41 Å². The molecule has 0 bridgehead atoms. The second-order valence-electron chi connectivity index (χ2n) is 3.11. The maximum Gasteiger partial charge on any atom is 0.233 e. The summed E-state index contributed by atoms with van der Waals surface area (Å²) in [5.74, 6) is -0.359. The van der Waals surface area contributed by atoms with Gasteiger partial charge in [-0.2, -0.15) is 0 Å². The number of allylic oxidation sites excluding steroid dienone is 1. The molecule has 1 heterocycles. The lowest BCUT2D eigenvalue weighted by atomic mass is 9.85. The van der Waals surface area contributed by atoms with Crippen LogP contribution in [0, 0.1) is 5.41 Å². The molecule has 3 heteroatoms. The molecule has 0 aliphatic carbocycles. The minimum atomic E-state index is -0.543. The lowest BCUT2D eigenvalue weighted by Gasteiger charge is -2.15. The molecule has 0 saturated carbocycles. The van der Waals surface area contributed by atoms with Crippen LogP contribution in [0.2, 0.25) is 0 Å². The number of nitrogens with one attached hydrogen (secondary N) is 1. The maximum absolute atomic E-state index is 11.1. The Balaban J connectivity index is 2.78.